The van der Waals surface area contributed by atoms with Gasteiger partial charge in [-0.3, -0.25) is 9.30 Å². The van der Waals surface area contributed by atoms with Crippen LogP contribution in [0.2, 0.25) is 0 Å². The molecule has 1 unspecified atom stereocenters. The van der Waals surface area contributed by atoms with Crippen molar-refractivity contribution in [2.24, 2.45) is 0 Å². The van der Waals surface area contributed by atoms with Crippen molar-refractivity contribution in [2.75, 3.05) is 13.1 Å². The van der Waals surface area contributed by atoms with Gasteiger partial charge in [-0.25, -0.2) is 9.97 Å². The van der Waals surface area contributed by atoms with Crippen molar-refractivity contribution in [3.63, 3.8) is 0 Å². The van der Waals surface area contributed by atoms with Crippen molar-refractivity contribution in [2.45, 2.75) is 26.5 Å². The largest absolute Gasteiger partial charge is 0.387 e. The normalized spacial score (nSPS) is 12.9. The molecular formula is C18H22N4O. The Morgan fingerprint density at radius 2 is 2.00 bits per heavy atom. The zero-order valence-electron chi connectivity index (χ0n) is 13.6. The second kappa shape index (κ2) is 6.89. The zero-order chi connectivity index (χ0) is 16.2. The van der Waals surface area contributed by atoms with Crippen LogP contribution < -0.4 is 0 Å². The number of hydrogen-bond donors (Lipinski definition) is 1. The maximum absolute atomic E-state index is 10.5. The average Bonchev–Trinajstić information content (AvgIpc) is 2.98. The topological polar surface area (TPSA) is 53.7 Å². The molecule has 1 N–H and O–H groups in total. The molecule has 0 bridgehead atoms. The Labute approximate surface area is 136 Å². The van der Waals surface area contributed by atoms with E-state index in [-0.39, 0.29) is 0 Å². The monoisotopic (exact) mass is 310 g/mol. The number of aromatic nitrogens is 3. The van der Waals surface area contributed by atoms with E-state index in [2.05, 4.69) is 21.8 Å². The Balaban J connectivity index is 1.71. The van der Waals surface area contributed by atoms with Crippen LogP contribution in [-0.2, 0) is 6.54 Å². The molecule has 0 aliphatic carbocycles. The lowest BCUT2D eigenvalue weighted by Gasteiger charge is -2.23. The summed E-state index contributed by atoms with van der Waals surface area (Å²) in [5.74, 6) is 0.706. The molecule has 5 heteroatoms. The van der Waals surface area contributed by atoms with E-state index in [1.165, 1.54) is 5.56 Å². The van der Waals surface area contributed by atoms with E-state index >= 15 is 0 Å². The number of hydrogen-bond acceptors (Lipinski definition) is 4. The molecule has 0 radical (unpaired) electrons. The van der Waals surface area contributed by atoms with Crippen LogP contribution >= 0.6 is 0 Å². The van der Waals surface area contributed by atoms with Gasteiger partial charge in [-0.2, -0.15) is 0 Å². The SMILES string of the molecule is CCN(Cc1cnc2ncccn12)CC(O)c1ccc(C)cc1. The highest BCUT2D eigenvalue weighted by Gasteiger charge is 2.14. The number of rotatable bonds is 6. The molecule has 5 nitrogen and oxygen atoms in total. The molecule has 0 amide bonds. The second-order valence-corrected chi connectivity index (χ2v) is 5.79. The zero-order valence-corrected chi connectivity index (χ0v) is 13.6. The number of imidazole rings is 1. The van der Waals surface area contributed by atoms with Crippen molar-refractivity contribution >= 4 is 5.78 Å². The van der Waals surface area contributed by atoms with Crippen molar-refractivity contribution in [3.05, 3.63) is 65.7 Å². The highest BCUT2D eigenvalue weighted by molar-refractivity contribution is 5.30. The van der Waals surface area contributed by atoms with Gasteiger partial charge in [-0.1, -0.05) is 36.8 Å². The number of nitrogens with zero attached hydrogens (tertiary/aromatic N) is 4. The summed E-state index contributed by atoms with van der Waals surface area (Å²) in [5, 5.41) is 10.5. The predicted octanol–water partition coefficient (Wildman–Crippen LogP) is 2.59. The van der Waals surface area contributed by atoms with Crippen molar-refractivity contribution in [1.82, 2.24) is 19.3 Å². The predicted molar refractivity (Wildman–Crippen MR) is 90.1 cm³/mol. The summed E-state index contributed by atoms with van der Waals surface area (Å²) < 4.78 is 1.99. The molecule has 0 saturated heterocycles. The molecule has 3 rings (SSSR count). The summed E-state index contributed by atoms with van der Waals surface area (Å²) in [7, 11) is 0. The highest BCUT2D eigenvalue weighted by Crippen LogP contribution is 2.16. The van der Waals surface area contributed by atoms with Gasteiger partial charge >= 0.3 is 0 Å². The van der Waals surface area contributed by atoms with Crippen LogP contribution in [0.25, 0.3) is 5.78 Å². The van der Waals surface area contributed by atoms with Crippen LogP contribution in [0.5, 0.6) is 0 Å². The van der Waals surface area contributed by atoms with Gasteiger partial charge in [0.1, 0.15) is 0 Å². The lowest BCUT2D eigenvalue weighted by molar-refractivity contribution is 0.111. The highest BCUT2D eigenvalue weighted by atomic mass is 16.3. The maximum Gasteiger partial charge on any atom is 0.233 e. The van der Waals surface area contributed by atoms with E-state index < -0.39 is 6.10 Å². The standard InChI is InChI=1S/C18H22N4O/c1-3-21(13-17(23)15-7-5-14(2)6-8-15)12-16-11-20-18-19-9-4-10-22(16)18/h4-11,17,23H,3,12-13H2,1-2H3. The maximum atomic E-state index is 10.5. The van der Waals surface area contributed by atoms with Gasteiger partial charge in [-0.15, -0.1) is 0 Å². The molecule has 0 spiro atoms. The fourth-order valence-electron chi connectivity index (χ4n) is 2.67. The first kappa shape index (κ1) is 15.6. The van der Waals surface area contributed by atoms with Crippen LogP contribution in [0.4, 0.5) is 0 Å². The molecule has 1 atom stereocenters. The number of aliphatic hydroxyl groups is 1. The van der Waals surface area contributed by atoms with E-state index in [9.17, 15) is 5.11 Å². The fraction of sp³-hybridized carbons (Fsp3) is 0.333. The molecule has 0 fully saturated rings. The third kappa shape index (κ3) is 3.57. The van der Waals surface area contributed by atoms with E-state index in [0.29, 0.717) is 12.3 Å². The molecular weight excluding hydrogens is 288 g/mol. The number of aliphatic hydroxyl groups excluding tert-OH is 1. The quantitative estimate of drug-likeness (QED) is 0.760. The molecule has 120 valence electrons. The summed E-state index contributed by atoms with van der Waals surface area (Å²) >= 11 is 0. The first-order chi connectivity index (χ1) is 11.2. The van der Waals surface area contributed by atoms with Crippen molar-refractivity contribution in [3.8, 4) is 0 Å². The van der Waals surface area contributed by atoms with Gasteiger partial charge in [0.25, 0.3) is 0 Å². The van der Waals surface area contributed by atoms with Crippen LogP contribution in [0.3, 0.4) is 0 Å². The van der Waals surface area contributed by atoms with Gasteiger partial charge in [-0.05, 0) is 25.1 Å². The van der Waals surface area contributed by atoms with Gasteiger partial charge in [0, 0.05) is 25.5 Å². The second-order valence-electron chi connectivity index (χ2n) is 5.79. The molecule has 23 heavy (non-hydrogen) atoms. The summed E-state index contributed by atoms with van der Waals surface area (Å²) in [6, 6.07) is 9.95. The van der Waals surface area contributed by atoms with Crippen LogP contribution in [0.1, 0.15) is 29.8 Å². The minimum Gasteiger partial charge on any atom is -0.387 e. The number of aryl methyl sites for hydroxylation is 1. The van der Waals surface area contributed by atoms with E-state index in [0.717, 1.165) is 24.3 Å². The van der Waals surface area contributed by atoms with E-state index in [1.54, 1.807) is 6.20 Å². The van der Waals surface area contributed by atoms with Crippen LogP contribution in [0, 0.1) is 6.92 Å². The number of benzene rings is 1. The molecule has 3 aromatic rings. The third-order valence-electron chi connectivity index (χ3n) is 4.09. The third-order valence-corrected chi connectivity index (χ3v) is 4.09. The fourth-order valence-corrected chi connectivity index (χ4v) is 2.67. The smallest absolute Gasteiger partial charge is 0.233 e. The Bertz CT molecular complexity index is 766. The van der Waals surface area contributed by atoms with Gasteiger partial charge in [0.05, 0.1) is 18.0 Å². The summed E-state index contributed by atoms with van der Waals surface area (Å²) in [5.41, 5.74) is 3.23. The Morgan fingerprint density at radius 3 is 2.74 bits per heavy atom. The van der Waals surface area contributed by atoms with Crippen LogP contribution in [0.15, 0.2) is 48.9 Å². The van der Waals surface area contributed by atoms with Gasteiger partial charge < -0.3 is 5.11 Å². The van der Waals surface area contributed by atoms with Gasteiger partial charge in [0.15, 0.2) is 0 Å². The lowest BCUT2D eigenvalue weighted by atomic mass is 10.1. The first-order valence-corrected chi connectivity index (χ1v) is 7.91. The minimum absolute atomic E-state index is 0.493. The molecule has 2 aromatic heterocycles. The van der Waals surface area contributed by atoms with Crippen molar-refractivity contribution in [1.29, 1.82) is 0 Å². The number of fused-ring (bicyclic) bond motifs is 1. The molecule has 2 heterocycles. The molecule has 0 aliphatic rings. The molecule has 0 saturated carbocycles. The van der Waals surface area contributed by atoms with Crippen LogP contribution in [-0.4, -0.2) is 37.5 Å². The van der Waals surface area contributed by atoms with Gasteiger partial charge in [0.2, 0.25) is 5.78 Å². The first-order valence-electron chi connectivity index (χ1n) is 7.91. The van der Waals surface area contributed by atoms with E-state index in [4.69, 9.17) is 0 Å². The Kier molecular flexibility index (Phi) is 4.69. The minimum atomic E-state index is -0.493. The lowest BCUT2D eigenvalue weighted by Crippen LogP contribution is -2.28. The average molecular weight is 310 g/mol. The van der Waals surface area contributed by atoms with Crippen molar-refractivity contribution < 1.29 is 5.11 Å². The summed E-state index contributed by atoms with van der Waals surface area (Å²) in [6.45, 7) is 6.33. The Hall–Kier alpha value is -2.24. The number of likely N-dealkylation sites (N-methyl/N-ethyl adjacent to an activating group) is 1. The molecule has 1 aromatic carbocycles. The summed E-state index contributed by atoms with van der Waals surface area (Å²) in [4.78, 5) is 10.8. The Morgan fingerprint density at radius 1 is 1.22 bits per heavy atom. The summed E-state index contributed by atoms with van der Waals surface area (Å²) in [6.07, 6.45) is 5.07. The molecule has 0 aliphatic heterocycles. The van der Waals surface area contributed by atoms with E-state index in [1.807, 2.05) is 54.0 Å².